The van der Waals surface area contributed by atoms with Crippen LogP contribution in [0.5, 0.6) is 0 Å². The van der Waals surface area contributed by atoms with Gasteiger partial charge in [0.05, 0.1) is 3.79 Å². The Hall–Kier alpha value is 0.1000. The van der Waals surface area contributed by atoms with Crippen LogP contribution in [0.1, 0.15) is 11.8 Å². The SMILES string of the molecule is CC1CN(Cc2ccc(Br)s2)CCN1C. The zero-order valence-corrected chi connectivity index (χ0v) is 11.6. The average molecular weight is 289 g/mol. The number of hydrogen-bond donors (Lipinski definition) is 0. The molecule has 15 heavy (non-hydrogen) atoms. The van der Waals surface area contributed by atoms with Gasteiger partial charge in [-0.15, -0.1) is 11.3 Å². The van der Waals surface area contributed by atoms with E-state index in [0.717, 1.165) is 6.54 Å². The van der Waals surface area contributed by atoms with E-state index in [1.54, 1.807) is 0 Å². The summed E-state index contributed by atoms with van der Waals surface area (Å²) in [6.45, 7) is 6.97. The number of halogens is 1. The molecule has 1 aromatic heterocycles. The summed E-state index contributed by atoms with van der Waals surface area (Å²) in [5.74, 6) is 0. The molecule has 0 saturated carbocycles. The van der Waals surface area contributed by atoms with Crippen LogP contribution in [0.25, 0.3) is 0 Å². The Morgan fingerprint density at radius 2 is 2.27 bits per heavy atom. The van der Waals surface area contributed by atoms with Gasteiger partial charge in [-0.25, -0.2) is 0 Å². The van der Waals surface area contributed by atoms with Crippen molar-refractivity contribution < 1.29 is 0 Å². The number of hydrogen-bond acceptors (Lipinski definition) is 3. The largest absolute Gasteiger partial charge is 0.301 e. The van der Waals surface area contributed by atoms with Gasteiger partial charge >= 0.3 is 0 Å². The lowest BCUT2D eigenvalue weighted by molar-refractivity contribution is 0.101. The molecule has 1 atom stereocenters. The van der Waals surface area contributed by atoms with Crippen molar-refractivity contribution >= 4 is 27.3 Å². The minimum Gasteiger partial charge on any atom is -0.301 e. The Balaban J connectivity index is 1.90. The summed E-state index contributed by atoms with van der Waals surface area (Å²) in [4.78, 5) is 6.43. The monoisotopic (exact) mass is 288 g/mol. The van der Waals surface area contributed by atoms with Crippen molar-refractivity contribution in [2.75, 3.05) is 26.7 Å². The summed E-state index contributed by atoms with van der Waals surface area (Å²) in [6, 6.07) is 5.04. The van der Waals surface area contributed by atoms with Crippen molar-refractivity contribution in [2.24, 2.45) is 0 Å². The first-order chi connectivity index (χ1) is 7.15. The maximum atomic E-state index is 3.51. The zero-order chi connectivity index (χ0) is 10.8. The van der Waals surface area contributed by atoms with Crippen LogP contribution < -0.4 is 0 Å². The van der Waals surface area contributed by atoms with Crippen molar-refractivity contribution in [3.05, 3.63) is 20.8 Å². The van der Waals surface area contributed by atoms with Gasteiger partial charge < -0.3 is 4.90 Å². The van der Waals surface area contributed by atoms with Crippen molar-refractivity contribution in [2.45, 2.75) is 19.5 Å². The van der Waals surface area contributed by atoms with Gasteiger partial charge in [-0.2, -0.15) is 0 Å². The van der Waals surface area contributed by atoms with E-state index in [2.05, 4.69) is 51.8 Å². The molecule has 1 unspecified atom stereocenters. The Kier molecular flexibility index (Phi) is 3.83. The molecule has 2 rings (SSSR count). The molecule has 0 aromatic carbocycles. The van der Waals surface area contributed by atoms with E-state index in [1.807, 2.05) is 11.3 Å². The molecular formula is C11H17BrN2S. The molecule has 84 valence electrons. The summed E-state index contributed by atoms with van der Waals surface area (Å²) in [7, 11) is 2.21. The maximum Gasteiger partial charge on any atom is 0.0701 e. The molecule has 0 bridgehead atoms. The normalized spacial score (nSPS) is 24.6. The number of likely N-dealkylation sites (N-methyl/N-ethyl adjacent to an activating group) is 1. The molecule has 1 fully saturated rings. The van der Waals surface area contributed by atoms with Crippen LogP contribution in [0.2, 0.25) is 0 Å². The highest BCUT2D eigenvalue weighted by Gasteiger charge is 2.20. The highest BCUT2D eigenvalue weighted by atomic mass is 79.9. The van der Waals surface area contributed by atoms with Crippen molar-refractivity contribution in [3.63, 3.8) is 0 Å². The van der Waals surface area contributed by atoms with Gasteiger partial charge in [-0.05, 0) is 42.0 Å². The van der Waals surface area contributed by atoms with Gasteiger partial charge in [0.2, 0.25) is 0 Å². The summed E-state index contributed by atoms with van der Waals surface area (Å²) in [5, 5.41) is 0. The lowest BCUT2D eigenvalue weighted by Crippen LogP contribution is -2.49. The fourth-order valence-electron chi connectivity index (χ4n) is 1.92. The molecule has 0 N–H and O–H groups in total. The van der Waals surface area contributed by atoms with E-state index in [0.29, 0.717) is 6.04 Å². The molecule has 4 heteroatoms. The second kappa shape index (κ2) is 4.95. The van der Waals surface area contributed by atoms with E-state index in [-0.39, 0.29) is 0 Å². The molecule has 0 amide bonds. The number of thiophene rings is 1. The van der Waals surface area contributed by atoms with Crippen LogP contribution in [0, 0.1) is 0 Å². The average Bonchev–Trinajstić information content (AvgIpc) is 2.58. The standard InChI is InChI=1S/C11H17BrN2S/c1-9-7-14(6-5-13(9)2)8-10-3-4-11(12)15-10/h3-4,9H,5-8H2,1-2H3. The van der Waals surface area contributed by atoms with Gasteiger partial charge in [0.25, 0.3) is 0 Å². The third kappa shape index (κ3) is 3.03. The Labute approximate surface area is 104 Å². The first kappa shape index (κ1) is 11.6. The molecular weight excluding hydrogens is 272 g/mol. The third-order valence-corrected chi connectivity index (χ3v) is 4.66. The number of rotatable bonds is 2. The van der Waals surface area contributed by atoms with Crippen molar-refractivity contribution in [3.8, 4) is 0 Å². The molecule has 0 aliphatic carbocycles. The van der Waals surface area contributed by atoms with Crippen molar-refractivity contribution in [1.29, 1.82) is 0 Å². The van der Waals surface area contributed by atoms with Crippen LogP contribution in [0.15, 0.2) is 15.9 Å². The molecule has 1 aliphatic heterocycles. The fraction of sp³-hybridized carbons (Fsp3) is 0.636. The second-order valence-electron chi connectivity index (χ2n) is 4.27. The van der Waals surface area contributed by atoms with Crippen molar-refractivity contribution in [1.82, 2.24) is 9.80 Å². The predicted octanol–water partition coefficient (Wildman–Crippen LogP) is 2.65. The zero-order valence-electron chi connectivity index (χ0n) is 9.24. The fourth-order valence-corrected chi connectivity index (χ4v) is 3.45. The second-order valence-corrected chi connectivity index (χ2v) is 6.82. The smallest absolute Gasteiger partial charge is 0.0701 e. The van der Waals surface area contributed by atoms with Gasteiger partial charge in [0, 0.05) is 37.1 Å². The van der Waals surface area contributed by atoms with Crippen LogP contribution in [0.4, 0.5) is 0 Å². The van der Waals surface area contributed by atoms with Gasteiger partial charge in [0.1, 0.15) is 0 Å². The third-order valence-electron chi connectivity index (χ3n) is 3.05. The lowest BCUT2D eigenvalue weighted by atomic mass is 10.2. The highest BCUT2D eigenvalue weighted by molar-refractivity contribution is 9.11. The first-order valence-electron chi connectivity index (χ1n) is 5.32. The summed E-state index contributed by atoms with van der Waals surface area (Å²) in [5.41, 5.74) is 0. The molecule has 2 heterocycles. The van der Waals surface area contributed by atoms with E-state index >= 15 is 0 Å². The quantitative estimate of drug-likeness (QED) is 0.826. The van der Waals surface area contributed by atoms with Crippen LogP contribution in [-0.2, 0) is 6.54 Å². The topological polar surface area (TPSA) is 6.48 Å². The summed E-state index contributed by atoms with van der Waals surface area (Å²) < 4.78 is 1.24. The van der Waals surface area contributed by atoms with Gasteiger partial charge in [0.15, 0.2) is 0 Å². The Morgan fingerprint density at radius 1 is 1.47 bits per heavy atom. The Morgan fingerprint density at radius 3 is 2.87 bits per heavy atom. The minimum atomic E-state index is 0.683. The van der Waals surface area contributed by atoms with E-state index in [1.165, 1.54) is 28.3 Å². The molecule has 0 radical (unpaired) electrons. The lowest BCUT2D eigenvalue weighted by Gasteiger charge is -2.37. The van der Waals surface area contributed by atoms with Crippen LogP contribution >= 0.6 is 27.3 Å². The molecule has 2 nitrogen and oxygen atoms in total. The van der Waals surface area contributed by atoms with Crippen LogP contribution in [0.3, 0.4) is 0 Å². The first-order valence-corrected chi connectivity index (χ1v) is 6.93. The van der Waals surface area contributed by atoms with Crippen LogP contribution in [-0.4, -0.2) is 42.5 Å². The minimum absolute atomic E-state index is 0.683. The van der Waals surface area contributed by atoms with E-state index < -0.39 is 0 Å². The molecule has 1 aliphatic rings. The predicted molar refractivity (Wildman–Crippen MR) is 69.4 cm³/mol. The molecule has 0 spiro atoms. The molecule has 1 saturated heterocycles. The summed E-state index contributed by atoms with van der Waals surface area (Å²) >= 11 is 5.35. The Bertz CT molecular complexity index is 326. The van der Waals surface area contributed by atoms with E-state index in [9.17, 15) is 0 Å². The number of nitrogens with zero attached hydrogens (tertiary/aromatic N) is 2. The molecule has 1 aromatic rings. The van der Waals surface area contributed by atoms with E-state index in [4.69, 9.17) is 0 Å². The summed E-state index contributed by atoms with van der Waals surface area (Å²) in [6.07, 6.45) is 0. The van der Waals surface area contributed by atoms with Gasteiger partial charge in [-0.1, -0.05) is 0 Å². The number of piperazine rings is 1. The van der Waals surface area contributed by atoms with Gasteiger partial charge in [-0.3, -0.25) is 4.90 Å². The highest BCUT2D eigenvalue weighted by Crippen LogP contribution is 2.23. The maximum absolute atomic E-state index is 3.51.